The summed E-state index contributed by atoms with van der Waals surface area (Å²) in [6.45, 7) is 3.15. The summed E-state index contributed by atoms with van der Waals surface area (Å²) in [5.41, 5.74) is 1.65. The van der Waals surface area contributed by atoms with E-state index in [1.807, 2.05) is 18.2 Å². The molecule has 0 saturated carbocycles. The van der Waals surface area contributed by atoms with Crippen LogP contribution < -0.4 is 5.32 Å². The molecule has 1 aromatic heterocycles. The van der Waals surface area contributed by atoms with Gasteiger partial charge in [0.15, 0.2) is 5.69 Å². The maximum atomic E-state index is 12.3. The zero-order chi connectivity index (χ0) is 15.9. The molecule has 2 aromatic rings. The lowest BCUT2D eigenvalue weighted by atomic mass is 10.1. The molecule has 1 N–H and O–H groups in total. The molecular formula is C17H20N4O2. The van der Waals surface area contributed by atoms with Crippen molar-refractivity contribution in [2.45, 2.75) is 6.42 Å². The molecule has 120 valence electrons. The highest BCUT2D eigenvalue weighted by atomic mass is 16.5. The highest BCUT2D eigenvalue weighted by Gasteiger charge is 2.19. The maximum absolute atomic E-state index is 12.3. The second kappa shape index (κ2) is 7.69. The Bertz CT molecular complexity index is 625. The first-order valence-corrected chi connectivity index (χ1v) is 7.81. The van der Waals surface area contributed by atoms with E-state index in [4.69, 9.17) is 4.74 Å². The second-order valence-electron chi connectivity index (χ2n) is 5.37. The summed E-state index contributed by atoms with van der Waals surface area (Å²) in [5, 5.41) is 11.3. The molecule has 0 atom stereocenters. The van der Waals surface area contributed by atoms with E-state index < -0.39 is 0 Å². The number of nitrogens with one attached hydrogen (secondary N) is 1. The number of morpholine rings is 1. The Morgan fingerprint density at radius 1 is 1.09 bits per heavy atom. The predicted molar refractivity (Wildman–Crippen MR) is 87.4 cm³/mol. The Labute approximate surface area is 135 Å². The molecule has 6 nitrogen and oxygen atoms in total. The van der Waals surface area contributed by atoms with E-state index in [2.05, 4.69) is 27.6 Å². The summed E-state index contributed by atoms with van der Waals surface area (Å²) < 4.78 is 5.25. The quantitative estimate of drug-likeness (QED) is 0.908. The summed E-state index contributed by atoms with van der Waals surface area (Å²) in [6, 6.07) is 13.8. The van der Waals surface area contributed by atoms with Gasteiger partial charge in [-0.2, -0.15) is 0 Å². The topological polar surface area (TPSA) is 67.4 Å². The minimum absolute atomic E-state index is 0.0864. The van der Waals surface area contributed by atoms with Crippen LogP contribution in [0, 0.1) is 0 Å². The van der Waals surface area contributed by atoms with Crippen molar-refractivity contribution in [1.29, 1.82) is 0 Å². The van der Waals surface area contributed by atoms with Crippen molar-refractivity contribution in [3.8, 4) is 0 Å². The van der Waals surface area contributed by atoms with Crippen molar-refractivity contribution in [3.05, 3.63) is 53.7 Å². The summed E-state index contributed by atoms with van der Waals surface area (Å²) >= 11 is 0. The molecule has 1 amide bonds. The number of nitrogens with zero attached hydrogens (tertiary/aromatic N) is 3. The van der Waals surface area contributed by atoms with Crippen LogP contribution in [0.3, 0.4) is 0 Å². The fourth-order valence-electron chi connectivity index (χ4n) is 2.45. The van der Waals surface area contributed by atoms with Gasteiger partial charge in [-0.3, -0.25) is 4.79 Å². The molecule has 1 aliphatic rings. The fourth-order valence-corrected chi connectivity index (χ4v) is 2.45. The molecule has 1 saturated heterocycles. The van der Waals surface area contributed by atoms with E-state index in [1.54, 1.807) is 17.0 Å². The van der Waals surface area contributed by atoms with Gasteiger partial charge in [-0.1, -0.05) is 30.3 Å². The first-order valence-electron chi connectivity index (χ1n) is 7.81. The minimum Gasteiger partial charge on any atom is -0.378 e. The van der Waals surface area contributed by atoms with Gasteiger partial charge in [0.2, 0.25) is 0 Å². The normalized spacial score (nSPS) is 14.5. The van der Waals surface area contributed by atoms with E-state index in [1.165, 1.54) is 5.56 Å². The summed E-state index contributed by atoms with van der Waals surface area (Å²) in [4.78, 5) is 14.0. The van der Waals surface area contributed by atoms with Crippen molar-refractivity contribution >= 4 is 11.7 Å². The summed E-state index contributed by atoms with van der Waals surface area (Å²) in [5.74, 6) is 0.594. The number of rotatable bonds is 5. The summed E-state index contributed by atoms with van der Waals surface area (Å²) in [7, 11) is 0. The van der Waals surface area contributed by atoms with Gasteiger partial charge in [-0.25, -0.2) is 0 Å². The second-order valence-corrected chi connectivity index (χ2v) is 5.37. The number of carbonyl (C=O) groups is 1. The molecule has 0 unspecified atom stereocenters. The number of aromatic nitrogens is 2. The van der Waals surface area contributed by atoms with Gasteiger partial charge in [-0.05, 0) is 24.1 Å². The number of amides is 1. The van der Waals surface area contributed by atoms with Crippen LogP contribution in [0.25, 0.3) is 0 Å². The molecule has 0 aliphatic carbocycles. The maximum Gasteiger partial charge on any atom is 0.274 e. The number of benzene rings is 1. The third kappa shape index (κ3) is 4.26. The van der Waals surface area contributed by atoms with Crippen LogP contribution in [0.1, 0.15) is 16.1 Å². The smallest absolute Gasteiger partial charge is 0.274 e. The number of anilines is 1. The van der Waals surface area contributed by atoms with Gasteiger partial charge in [0, 0.05) is 19.6 Å². The Balaban J connectivity index is 1.51. The molecule has 23 heavy (non-hydrogen) atoms. The van der Waals surface area contributed by atoms with Crippen LogP contribution in [0.2, 0.25) is 0 Å². The van der Waals surface area contributed by atoms with Crippen LogP contribution >= 0.6 is 0 Å². The van der Waals surface area contributed by atoms with Gasteiger partial charge >= 0.3 is 0 Å². The van der Waals surface area contributed by atoms with Crippen LogP contribution in [0.15, 0.2) is 42.5 Å². The Morgan fingerprint density at radius 3 is 2.57 bits per heavy atom. The van der Waals surface area contributed by atoms with Gasteiger partial charge in [0.25, 0.3) is 5.91 Å². The molecule has 0 spiro atoms. The molecule has 0 bridgehead atoms. The van der Waals surface area contributed by atoms with Gasteiger partial charge < -0.3 is 15.0 Å². The average Bonchev–Trinajstić information content (AvgIpc) is 2.63. The van der Waals surface area contributed by atoms with Crippen molar-refractivity contribution in [1.82, 2.24) is 15.1 Å². The molecule has 1 aromatic carbocycles. The predicted octanol–water partition coefficient (Wildman–Crippen LogP) is 1.60. The lowest BCUT2D eigenvalue weighted by Gasteiger charge is -2.26. The standard InChI is InChI=1S/C17H20N4O2/c22-17(21-10-12-23-13-11-21)15-6-7-16(20-19-15)18-9-8-14-4-2-1-3-5-14/h1-7H,8-13H2,(H,18,20). The first kappa shape index (κ1) is 15.4. The molecule has 1 aliphatic heterocycles. The minimum atomic E-state index is -0.0864. The number of ether oxygens (including phenoxy) is 1. The van der Waals surface area contributed by atoms with Crippen molar-refractivity contribution < 1.29 is 9.53 Å². The number of hydrogen-bond acceptors (Lipinski definition) is 5. The molecule has 6 heteroatoms. The SMILES string of the molecule is O=C(c1ccc(NCCc2ccccc2)nn1)N1CCOCC1. The molecule has 3 rings (SSSR count). The highest BCUT2D eigenvalue weighted by molar-refractivity contribution is 5.92. The molecule has 0 radical (unpaired) electrons. The monoisotopic (exact) mass is 312 g/mol. The van der Waals surface area contributed by atoms with Crippen molar-refractivity contribution in [2.75, 3.05) is 38.2 Å². The van der Waals surface area contributed by atoms with E-state index >= 15 is 0 Å². The zero-order valence-corrected chi connectivity index (χ0v) is 12.9. The average molecular weight is 312 g/mol. The summed E-state index contributed by atoms with van der Waals surface area (Å²) in [6.07, 6.45) is 0.914. The molecule has 2 heterocycles. The van der Waals surface area contributed by atoms with Crippen molar-refractivity contribution in [3.63, 3.8) is 0 Å². The Kier molecular flexibility index (Phi) is 5.16. The van der Waals surface area contributed by atoms with E-state index in [0.29, 0.717) is 37.8 Å². The molecular weight excluding hydrogens is 292 g/mol. The number of carbonyl (C=O) groups excluding carboxylic acids is 1. The largest absolute Gasteiger partial charge is 0.378 e. The first-order chi connectivity index (χ1) is 11.3. The Morgan fingerprint density at radius 2 is 1.87 bits per heavy atom. The van der Waals surface area contributed by atoms with Gasteiger partial charge in [0.05, 0.1) is 13.2 Å². The van der Waals surface area contributed by atoms with E-state index in [9.17, 15) is 4.79 Å². The van der Waals surface area contributed by atoms with Crippen LogP contribution in [-0.4, -0.2) is 53.9 Å². The number of hydrogen-bond donors (Lipinski definition) is 1. The van der Waals surface area contributed by atoms with Gasteiger partial charge in [-0.15, -0.1) is 10.2 Å². The lowest BCUT2D eigenvalue weighted by molar-refractivity contribution is 0.0298. The third-order valence-electron chi connectivity index (χ3n) is 3.74. The molecule has 1 fully saturated rings. The van der Waals surface area contributed by atoms with Crippen LogP contribution in [-0.2, 0) is 11.2 Å². The highest BCUT2D eigenvalue weighted by Crippen LogP contribution is 2.07. The fraction of sp³-hybridized carbons (Fsp3) is 0.353. The van der Waals surface area contributed by atoms with Gasteiger partial charge in [0.1, 0.15) is 5.82 Å². The lowest BCUT2D eigenvalue weighted by Crippen LogP contribution is -2.41. The van der Waals surface area contributed by atoms with Crippen molar-refractivity contribution in [2.24, 2.45) is 0 Å². The zero-order valence-electron chi connectivity index (χ0n) is 12.9. The van der Waals surface area contributed by atoms with E-state index in [0.717, 1.165) is 13.0 Å². The third-order valence-corrected chi connectivity index (χ3v) is 3.74. The van der Waals surface area contributed by atoms with Crippen LogP contribution in [0.5, 0.6) is 0 Å². The van der Waals surface area contributed by atoms with E-state index in [-0.39, 0.29) is 5.91 Å². The van der Waals surface area contributed by atoms with Crippen LogP contribution in [0.4, 0.5) is 5.82 Å². The Hall–Kier alpha value is -2.47.